The van der Waals surface area contributed by atoms with Crippen LogP contribution in [-0.2, 0) is 4.79 Å². The molecule has 22 heavy (non-hydrogen) atoms. The molecule has 0 bridgehead atoms. The van der Waals surface area contributed by atoms with Gasteiger partial charge in [-0.15, -0.1) is 0 Å². The average molecular weight is 302 g/mol. The number of fused-ring (bicyclic) bond motifs is 1. The predicted molar refractivity (Wildman–Crippen MR) is 91.6 cm³/mol. The molecule has 0 aliphatic heterocycles. The van der Waals surface area contributed by atoms with Crippen molar-refractivity contribution in [2.75, 3.05) is 0 Å². The van der Waals surface area contributed by atoms with Crippen LogP contribution in [0.3, 0.4) is 0 Å². The van der Waals surface area contributed by atoms with Crippen LogP contribution < -0.4 is 0 Å². The minimum absolute atomic E-state index is 0.0704. The topological polar surface area (TPSA) is 37.3 Å². The van der Waals surface area contributed by atoms with E-state index >= 15 is 0 Å². The summed E-state index contributed by atoms with van der Waals surface area (Å²) in [6.07, 6.45) is 14.5. The van der Waals surface area contributed by atoms with Gasteiger partial charge in [0.1, 0.15) is 0 Å². The van der Waals surface area contributed by atoms with Gasteiger partial charge in [0.25, 0.3) is 0 Å². The van der Waals surface area contributed by atoms with E-state index in [0.29, 0.717) is 5.92 Å². The molecule has 0 saturated heterocycles. The quantitative estimate of drug-likeness (QED) is 0.559. The maximum atomic E-state index is 11.3. The summed E-state index contributed by atoms with van der Waals surface area (Å²) >= 11 is 0. The van der Waals surface area contributed by atoms with Gasteiger partial charge in [-0.05, 0) is 55.3 Å². The Morgan fingerprint density at radius 1 is 1.36 bits per heavy atom. The summed E-state index contributed by atoms with van der Waals surface area (Å²) in [5.41, 5.74) is 1.40. The average Bonchev–Trinajstić information content (AvgIpc) is 2.43. The van der Waals surface area contributed by atoms with Crippen molar-refractivity contribution in [3.63, 3.8) is 0 Å². The Kier molecular flexibility index (Phi) is 4.99. The number of hydrogen-bond donors (Lipinski definition) is 1. The molecule has 0 heterocycles. The highest BCUT2D eigenvalue weighted by Crippen LogP contribution is 2.62. The maximum absolute atomic E-state index is 11.3. The molecule has 2 aliphatic rings. The van der Waals surface area contributed by atoms with Crippen LogP contribution in [0.2, 0.25) is 0 Å². The summed E-state index contributed by atoms with van der Waals surface area (Å²) in [6.45, 7) is 10.9. The molecule has 2 fully saturated rings. The van der Waals surface area contributed by atoms with E-state index in [1.54, 1.807) is 0 Å². The number of hydrogen-bond acceptors (Lipinski definition) is 1. The summed E-state index contributed by atoms with van der Waals surface area (Å²) in [4.78, 5) is 11.3. The minimum atomic E-state index is -0.690. The van der Waals surface area contributed by atoms with E-state index in [9.17, 15) is 9.90 Å². The molecule has 4 atom stereocenters. The molecule has 2 nitrogen and oxygen atoms in total. The van der Waals surface area contributed by atoms with Gasteiger partial charge < -0.3 is 5.11 Å². The molecule has 2 rings (SSSR count). The molecule has 0 aromatic heterocycles. The van der Waals surface area contributed by atoms with Gasteiger partial charge in [0, 0.05) is 0 Å². The van der Waals surface area contributed by atoms with Crippen LogP contribution in [-0.4, -0.2) is 11.1 Å². The van der Waals surface area contributed by atoms with E-state index in [2.05, 4.69) is 44.7 Å². The summed E-state index contributed by atoms with van der Waals surface area (Å²) < 4.78 is 0. The van der Waals surface area contributed by atoms with Crippen molar-refractivity contribution < 1.29 is 9.90 Å². The molecular formula is C20H30O2. The first-order valence-electron chi connectivity index (χ1n) is 8.53. The highest BCUT2D eigenvalue weighted by atomic mass is 16.4. The van der Waals surface area contributed by atoms with Crippen molar-refractivity contribution in [3.8, 4) is 0 Å². The standard InChI is InChI=1S/C20H30O2/c1-5-6-7-11-19(3)12-8-13-20(4)16(14-18(21)22)15(2)9-10-17(19)20/h5-7,11,16-17H,2,8-10,12-14H2,1,3-4H3,(H,21,22)/b6-5+,11-7+/t16-,17-,19+,20+/m0/s1. The third kappa shape index (κ3) is 3.06. The van der Waals surface area contributed by atoms with Gasteiger partial charge in [-0.1, -0.05) is 56.7 Å². The normalized spacial score (nSPS) is 39.3. The summed E-state index contributed by atoms with van der Waals surface area (Å²) in [5, 5.41) is 9.33. The second-order valence-electron chi connectivity index (χ2n) is 7.65. The van der Waals surface area contributed by atoms with Crippen LogP contribution in [0.15, 0.2) is 36.5 Å². The van der Waals surface area contributed by atoms with Crippen molar-refractivity contribution in [2.45, 2.75) is 59.3 Å². The SMILES string of the molecule is C=C1CC[C@@H]2[C@](C)(CCC[C@@]2(C)/C=C/C=C/C)[C@H]1CC(=O)O. The van der Waals surface area contributed by atoms with Gasteiger partial charge in [0.05, 0.1) is 6.42 Å². The highest BCUT2D eigenvalue weighted by Gasteiger charge is 2.53. The molecule has 2 aliphatic carbocycles. The predicted octanol–water partition coefficient (Wildman–Crippen LogP) is 5.37. The minimum Gasteiger partial charge on any atom is -0.481 e. The summed E-state index contributed by atoms with van der Waals surface area (Å²) in [6, 6.07) is 0. The third-order valence-electron chi connectivity index (χ3n) is 6.23. The fraction of sp³-hybridized carbons (Fsp3) is 0.650. The molecule has 0 radical (unpaired) electrons. The van der Waals surface area contributed by atoms with E-state index < -0.39 is 5.97 Å². The molecule has 2 saturated carbocycles. The number of aliphatic carboxylic acids is 1. The Labute approximate surface area is 135 Å². The van der Waals surface area contributed by atoms with Gasteiger partial charge in [0.15, 0.2) is 0 Å². The van der Waals surface area contributed by atoms with Gasteiger partial charge in [-0.3, -0.25) is 4.79 Å². The first kappa shape index (κ1) is 17.1. The first-order valence-corrected chi connectivity index (χ1v) is 8.53. The fourth-order valence-electron chi connectivity index (χ4n) is 5.14. The van der Waals surface area contributed by atoms with Crippen LogP contribution in [0.1, 0.15) is 59.3 Å². The monoisotopic (exact) mass is 302 g/mol. The second-order valence-corrected chi connectivity index (χ2v) is 7.65. The molecule has 1 N–H and O–H groups in total. The summed E-state index contributed by atoms with van der Waals surface area (Å²) in [5.74, 6) is -0.0200. The van der Waals surface area contributed by atoms with Crippen LogP contribution in [0.5, 0.6) is 0 Å². The first-order chi connectivity index (χ1) is 10.3. The Hall–Kier alpha value is -1.31. The van der Waals surface area contributed by atoms with Gasteiger partial charge in [0.2, 0.25) is 0 Å². The van der Waals surface area contributed by atoms with Crippen molar-refractivity contribution >= 4 is 5.97 Å². The van der Waals surface area contributed by atoms with E-state index in [-0.39, 0.29) is 23.2 Å². The smallest absolute Gasteiger partial charge is 0.303 e. The molecule has 0 aromatic rings. The molecule has 2 heteroatoms. The van der Waals surface area contributed by atoms with Gasteiger partial charge >= 0.3 is 5.97 Å². The van der Waals surface area contributed by atoms with Crippen molar-refractivity contribution in [1.82, 2.24) is 0 Å². The Bertz CT molecular complexity index is 502. The molecule has 0 unspecified atom stereocenters. The highest BCUT2D eigenvalue weighted by molar-refractivity contribution is 5.67. The zero-order valence-corrected chi connectivity index (χ0v) is 14.3. The maximum Gasteiger partial charge on any atom is 0.303 e. The van der Waals surface area contributed by atoms with E-state index in [4.69, 9.17) is 0 Å². The zero-order valence-electron chi connectivity index (χ0n) is 14.3. The fourth-order valence-corrected chi connectivity index (χ4v) is 5.14. The van der Waals surface area contributed by atoms with Crippen LogP contribution in [0, 0.1) is 22.7 Å². The zero-order chi connectivity index (χ0) is 16.4. The molecule has 0 spiro atoms. The van der Waals surface area contributed by atoms with Crippen molar-refractivity contribution in [1.29, 1.82) is 0 Å². The van der Waals surface area contributed by atoms with E-state index in [0.717, 1.165) is 24.8 Å². The van der Waals surface area contributed by atoms with Crippen LogP contribution >= 0.6 is 0 Å². The van der Waals surface area contributed by atoms with Crippen LogP contribution in [0.4, 0.5) is 0 Å². The Morgan fingerprint density at radius 3 is 2.73 bits per heavy atom. The van der Waals surface area contributed by atoms with Gasteiger partial charge in [-0.2, -0.15) is 0 Å². The lowest BCUT2D eigenvalue weighted by atomic mass is 9.46. The Balaban J connectivity index is 2.34. The van der Waals surface area contributed by atoms with Crippen molar-refractivity contribution in [2.24, 2.45) is 22.7 Å². The molecule has 0 amide bonds. The molecule has 122 valence electrons. The lowest BCUT2D eigenvalue weighted by Crippen LogP contribution is -2.50. The summed E-state index contributed by atoms with van der Waals surface area (Å²) in [7, 11) is 0. The number of allylic oxidation sites excluding steroid dienone is 5. The number of carboxylic acid groups (broad SMARTS) is 1. The number of rotatable bonds is 4. The van der Waals surface area contributed by atoms with E-state index in [1.807, 2.05) is 6.92 Å². The second kappa shape index (κ2) is 6.44. The lowest BCUT2D eigenvalue weighted by molar-refractivity contribution is -0.141. The van der Waals surface area contributed by atoms with Gasteiger partial charge in [-0.25, -0.2) is 0 Å². The van der Waals surface area contributed by atoms with E-state index in [1.165, 1.54) is 12.8 Å². The lowest BCUT2D eigenvalue weighted by Gasteiger charge is -2.58. The number of carbonyl (C=O) groups is 1. The third-order valence-corrected chi connectivity index (χ3v) is 6.23. The van der Waals surface area contributed by atoms with Crippen LogP contribution in [0.25, 0.3) is 0 Å². The largest absolute Gasteiger partial charge is 0.481 e. The van der Waals surface area contributed by atoms with Crippen molar-refractivity contribution in [3.05, 3.63) is 36.5 Å². The molecule has 0 aromatic carbocycles. The Morgan fingerprint density at radius 2 is 2.09 bits per heavy atom. The molecular weight excluding hydrogens is 272 g/mol. The number of carboxylic acids is 1.